The third kappa shape index (κ3) is 3.62. The summed E-state index contributed by atoms with van der Waals surface area (Å²) in [4.78, 5) is 14.5. The SMILES string of the molecule is COC(=O)C(NC1CCCN(c2cc(C)nn2C)C1)c1ccsc1. The third-order valence-corrected chi connectivity index (χ3v) is 5.14. The monoisotopic (exact) mass is 348 g/mol. The summed E-state index contributed by atoms with van der Waals surface area (Å²) in [6.07, 6.45) is 2.13. The predicted molar refractivity (Wildman–Crippen MR) is 95.4 cm³/mol. The van der Waals surface area contributed by atoms with E-state index in [2.05, 4.69) is 21.4 Å². The molecule has 0 aromatic carbocycles. The molecule has 2 aromatic heterocycles. The van der Waals surface area contributed by atoms with E-state index in [-0.39, 0.29) is 12.0 Å². The Morgan fingerprint density at radius 3 is 3.00 bits per heavy atom. The van der Waals surface area contributed by atoms with Crippen LogP contribution in [0.5, 0.6) is 0 Å². The fraction of sp³-hybridized carbons (Fsp3) is 0.529. The number of carbonyl (C=O) groups excluding carboxylic acids is 1. The Bertz CT molecular complexity index is 683. The summed E-state index contributed by atoms with van der Waals surface area (Å²) < 4.78 is 6.91. The van der Waals surface area contributed by atoms with Gasteiger partial charge in [-0.1, -0.05) is 0 Å². The van der Waals surface area contributed by atoms with Gasteiger partial charge in [-0.2, -0.15) is 16.4 Å². The van der Waals surface area contributed by atoms with Gasteiger partial charge in [0.05, 0.1) is 12.8 Å². The van der Waals surface area contributed by atoms with Gasteiger partial charge in [0, 0.05) is 32.2 Å². The second kappa shape index (κ2) is 7.36. The molecule has 6 nitrogen and oxygen atoms in total. The number of hydrogen-bond acceptors (Lipinski definition) is 6. The fourth-order valence-corrected chi connectivity index (χ4v) is 3.99. The Balaban J connectivity index is 1.72. The topological polar surface area (TPSA) is 59.4 Å². The maximum atomic E-state index is 12.2. The zero-order valence-corrected chi connectivity index (χ0v) is 15.2. The summed E-state index contributed by atoms with van der Waals surface area (Å²) in [7, 11) is 3.41. The van der Waals surface area contributed by atoms with Crippen molar-refractivity contribution in [3.63, 3.8) is 0 Å². The molecule has 1 N–H and O–H groups in total. The minimum atomic E-state index is -0.403. The third-order valence-electron chi connectivity index (χ3n) is 4.44. The molecule has 3 heterocycles. The molecule has 2 atom stereocenters. The number of thiophene rings is 1. The molecule has 7 heteroatoms. The second-order valence-corrected chi connectivity index (χ2v) is 7.01. The van der Waals surface area contributed by atoms with Crippen molar-refractivity contribution >= 4 is 23.1 Å². The number of aryl methyl sites for hydroxylation is 2. The largest absolute Gasteiger partial charge is 0.468 e. The molecule has 130 valence electrons. The van der Waals surface area contributed by atoms with E-state index in [1.165, 1.54) is 7.11 Å². The lowest BCUT2D eigenvalue weighted by atomic mass is 10.0. The van der Waals surface area contributed by atoms with Crippen molar-refractivity contribution in [3.8, 4) is 0 Å². The van der Waals surface area contributed by atoms with Crippen LogP contribution in [-0.4, -0.2) is 42.0 Å². The highest BCUT2D eigenvalue weighted by Gasteiger charge is 2.28. The molecule has 1 fully saturated rings. The van der Waals surface area contributed by atoms with Crippen LogP contribution in [0.25, 0.3) is 0 Å². The Hall–Kier alpha value is -1.86. The molecule has 3 rings (SSSR count). The summed E-state index contributed by atoms with van der Waals surface area (Å²) >= 11 is 1.59. The normalized spacial score (nSPS) is 19.3. The van der Waals surface area contributed by atoms with Gasteiger partial charge in [-0.25, -0.2) is 4.79 Å². The Morgan fingerprint density at radius 1 is 1.54 bits per heavy atom. The maximum absolute atomic E-state index is 12.2. The van der Waals surface area contributed by atoms with E-state index < -0.39 is 6.04 Å². The number of rotatable bonds is 5. The molecule has 2 aromatic rings. The van der Waals surface area contributed by atoms with Gasteiger partial charge in [-0.3, -0.25) is 10.00 Å². The van der Waals surface area contributed by atoms with E-state index >= 15 is 0 Å². The lowest BCUT2D eigenvalue weighted by Gasteiger charge is -2.35. The molecule has 0 radical (unpaired) electrons. The predicted octanol–water partition coefficient (Wildman–Crippen LogP) is 2.26. The quantitative estimate of drug-likeness (QED) is 0.840. The number of aromatic nitrogens is 2. The number of carbonyl (C=O) groups is 1. The van der Waals surface area contributed by atoms with Crippen LogP contribution < -0.4 is 10.2 Å². The van der Waals surface area contributed by atoms with Gasteiger partial charge >= 0.3 is 5.97 Å². The molecule has 1 aliphatic heterocycles. The molecule has 0 bridgehead atoms. The Kier molecular flexibility index (Phi) is 5.20. The summed E-state index contributed by atoms with van der Waals surface area (Å²) in [6, 6.07) is 3.92. The summed E-state index contributed by atoms with van der Waals surface area (Å²) in [5.41, 5.74) is 1.99. The highest BCUT2D eigenvalue weighted by molar-refractivity contribution is 7.08. The molecular formula is C17H24N4O2S. The fourth-order valence-electron chi connectivity index (χ4n) is 3.31. The van der Waals surface area contributed by atoms with E-state index in [1.807, 2.05) is 35.5 Å². The lowest BCUT2D eigenvalue weighted by Crippen LogP contribution is -2.48. The van der Waals surface area contributed by atoms with Crippen molar-refractivity contribution in [1.29, 1.82) is 0 Å². The van der Waals surface area contributed by atoms with Crippen molar-refractivity contribution in [1.82, 2.24) is 15.1 Å². The summed E-state index contributed by atoms with van der Waals surface area (Å²) in [5, 5.41) is 11.9. The average molecular weight is 348 g/mol. The van der Waals surface area contributed by atoms with Crippen LogP contribution in [0.1, 0.15) is 30.1 Å². The first-order valence-electron chi connectivity index (χ1n) is 8.20. The highest BCUT2D eigenvalue weighted by Crippen LogP contribution is 2.24. The number of nitrogens with one attached hydrogen (secondary N) is 1. The number of methoxy groups -OCH3 is 1. The summed E-state index contributed by atoms with van der Waals surface area (Å²) in [5.74, 6) is 0.894. The number of esters is 1. The minimum Gasteiger partial charge on any atom is -0.468 e. The van der Waals surface area contributed by atoms with Gasteiger partial charge in [0.15, 0.2) is 0 Å². The van der Waals surface area contributed by atoms with Crippen molar-refractivity contribution in [2.24, 2.45) is 7.05 Å². The lowest BCUT2D eigenvalue weighted by molar-refractivity contribution is -0.143. The van der Waals surface area contributed by atoms with Gasteiger partial charge < -0.3 is 9.64 Å². The average Bonchev–Trinajstić information content (AvgIpc) is 3.21. The van der Waals surface area contributed by atoms with Crippen LogP contribution in [0.2, 0.25) is 0 Å². The van der Waals surface area contributed by atoms with E-state index in [0.717, 1.165) is 43.0 Å². The van der Waals surface area contributed by atoms with Crippen LogP contribution in [0.15, 0.2) is 22.9 Å². The van der Waals surface area contributed by atoms with E-state index in [4.69, 9.17) is 4.74 Å². The van der Waals surface area contributed by atoms with Gasteiger partial charge in [-0.15, -0.1) is 0 Å². The van der Waals surface area contributed by atoms with E-state index in [0.29, 0.717) is 0 Å². The molecule has 1 saturated heterocycles. The molecule has 0 aliphatic carbocycles. The molecule has 2 unspecified atom stereocenters. The molecule has 0 spiro atoms. The van der Waals surface area contributed by atoms with Crippen molar-refractivity contribution in [3.05, 3.63) is 34.2 Å². The van der Waals surface area contributed by atoms with E-state index in [9.17, 15) is 4.79 Å². The number of piperidine rings is 1. The maximum Gasteiger partial charge on any atom is 0.327 e. The first kappa shape index (κ1) is 17.0. The van der Waals surface area contributed by atoms with Crippen LogP contribution in [0.4, 0.5) is 5.82 Å². The summed E-state index contributed by atoms with van der Waals surface area (Å²) in [6.45, 7) is 3.88. The van der Waals surface area contributed by atoms with Gasteiger partial charge in [0.2, 0.25) is 0 Å². The molecule has 1 aliphatic rings. The van der Waals surface area contributed by atoms with E-state index in [1.54, 1.807) is 11.3 Å². The first-order chi connectivity index (χ1) is 11.6. The molecule has 0 saturated carbocycles. The molecule has 0 amide bonds. The van der Waals surface area contributed by atoms with Gasteiger partial charge in [0.25, 0.3) is 0 Å². The number of hydrogen-bond donors (Lipinski definition) is 1. The van der Waals surface area contributed by atoms with Crippen molar-refractivity contribution in [2.45, 2.75) is 31.8 Å². The zero-order valence-electron chi connectivity index (χ0n) is 14.4. The standard InChI is InChI=1S/C17H24N4O2S/c1-12-9-15(20(2)19-12)21-7-4-5-14(10-21)18-16(17(22)23-3)13-6-8-24-11-13/h6,8-9,11,14,16,18H,4-5,7,10H2,1-3H3. The van der Waals surface area contributed by atoms with Crippen LogP contribution >= 0.6 is 11.3 Å². The van der Waals surface area contributed by atoms with Crippen LogP contribution in [0, 0.1) is 6.92 Å². The minimum absolute atomic E-state index is 0.234. The number of ether oxygens (including phenoxy) is 1. The molecular weight excluding hydrogens is 324 g/mol. The number of anilines is 1. The van der Waals surface area contributed by atoms with Crippen LogP contribution in [-0.2, 0) is 16.6 Å². The van der Waals surface area contributed by atoms with Gasteiger partial charge in [0.1, 0.15) is 11.9 Å². The smallest absolute Gasteiger partial charge is 0.327 e. The van der Waals surface area contributed by atoms with Crippen molar-refractivity contribution in [2.75, 3.05) is 25.1 Å². The highest BCUT2D eigenvalue weighted by atomic mass is 32.1. The second-order valence-electron chi connectivity index (χ2n) is 6.23. The zero-order chi connectivity index (χ0) is 17.1. The van der Waals surface area contributed by atoms with Gasteiger partial charge in [-0.05, 0) is 42.2 Å². The number of nitrogens with zero attached hydrogens (tertiary/aromatic N) is 3. The van der Waals surface area contributed by atoms with Crippen molar-refractivity contribution < 1.29 is 9.53 Å². The first-order valence-corrected chi connectivity index (χ1v) is 9.14. The Labute approximate surface area is 146 Å². The molecule has 24 heavy (non-hydrogen) atoms. The Morgan fingerprint density at radius 2 is 2.38 bits per heavy atom. The van der Waals surface area contributed by atoms with Crippen LogP contribution in [0.3, 0.4) is 0 Å².